The number of rotatable bonds is 6. The minimum Gasteiger partial charge on any atom is -0.481 e. The second-order valence-corrected chi connectivity index (χ2v) is 6.42. The van der Waals surface area contributed by atoms with Gasteiger partial charge >= 0.3 is 12.0 Å². The SMILES string of the molecule is CC(CCC(=O)O)NC(=O)C1CCCN(C(=O)Nc2ccccc2)C1. The molecule has 7 nitrogen and oxygen atoms in total. The van der Waals surface area contributed by atoms with Gasteiger partial charge in [0.1, 0.15) is 0 Å². The summed E-state index contributed by atoms with van der Waals surface area (Å²) < 4.78 is 0. The lowest BCUT2D eigenvalue weighted by atomic mass is 9.97. The molecule has 136 valence electrons. The summed E-state index contributed by atoms with van der Waals surface area (Å²) in [4.78, 5) is 37.0. The first-order chi connectivity index (χ1) is 12.0. The van der Waals surface area contributed by atoms with Crippen molar-refractivity contribution >= 4 is 23.6 Å². The summed E-state index contributed by atoms with van der Waals surface area (Å²) in [5, 5.41) is 14.4. The van der Waals surface area contributed by atoms with Gasteiger partial charge < -0.3 is 20.6 Å². The number of nitrogens with one attached hydrogen (secondary N) is 2. The molecule has 0 bridgehead atoms. The monoisotopic (exact) mass is 347 g/mol. The minimum absolute atomic E-state index is 0.0255. The molecule has 0 saturated carbocycles. The lowest BCUT2D eigenvalue weighted by Gasteiger charge is -2.32. The van der Waals surface area contributed by atoms with Gasteiger partial charge in [0.2, 0.25) is 5.91 Å². The average molecular weight is 347 g/mol. The fourth-order valence-corrected chi connectivity index (χ4v) is 2.87. The summed E-state index contributed by atoms with van der Waals surface area (Å²) in [5.41, 5.74) is 0.723. The summed E-state index contributed by atoms with van der Waals surface area (Å²) in [7, 11) is 0. The summed E-state index contributed by atoms with van der Waals surface area (Å²) in [6, 6.07) is 8.80. The van der Waals surface area contributed by atoms with Crippen molar-refractivity contribution in [1.29, 1.82) is 0 Å². The van der Waals surface area contributed by atoms with E-state index in [1.165, 1.54) is 0 Å². The Morgan fingerprint density at radius 1 is 1.28 bits per heavy atom. The highest BCUT2D eigenvalue weighted by atomic mass is 16.4. The molecule has 0 aliphatic carbocycles. The second kappa shape index (κ2) is 9.05. The molecule has 3 amide bonds. The van der Waals surface area contributed by atoms with Crippen LogP contribution in [-0.4, -0.2) is 47.0 Å². The molecular weight excluding hydrogens is 322 g/mol. The normalized spacial score (nSPS) is 18.3. The largest absolute Gasteiger partial charge is 0.481 e. The number of carboxylic acids is 1. The van der Waals surface area contributed by atoms with E-state index in [0.717, 1.165) is 18.5 Å². The van der Waals surface area contributed by atoms with Crippen molar-refractivity contribution in [2.24, 2.45) is 5.92 Å². The predicted molar refractivity (Wildman–Crippen MR) is 94.2 cm³/mol. The van der Waals surface area contributed by atoms with Crippen LogP contribution in [0.5, 0.6) is 0 Å². The van der Waals surface area contributed by atoms with Crippen LogP contribution in [0.15, 0.2) is 30.3 Å². The van der Waals surface area contributed by atoms with Gasteiger partial charge in [-0.2, -0.15) is 0 Å². The lowest BCUT2D eigenvalue weighted by Crippen LogP contribution is -2.48. The van der Waals surface area contributed by atoms with Gasteiger partial charge in [-0.1, -0.05) is 18.2 Å². The Labute approximate surface area is 147 Å². The predicted octanol–water partition coefficient (Wildman–Crippen LogP) is 2.30. The highest BCUT2D eigenvalue weighted by molar-refractivity contribution is 5.90. The van der Waals surface area contributed by atoms with Crippen molar-refractivity contribution in [3.63, 3.8) is 0 Å². The third-order valence-corrected chi connectivity index (χ3v) is 4.28. The molecule has 25 heavy (non-hydrogen) atoms. The van der Waals surface area contributed by atoms with Gasteiger partial charge in [0.15, 0.2) is 0 Å². The van der Waals surface area contributed by atoms with E-state index < -0.39 is 5.97 Å². The Morgan fingerprint density at radius 3 is 2.68 bits per heavy atom. The molecule has 2 rings (SSSR count). The van der Waals surface area contributed by atoms with Gasteiger partial charge in [0.25, 0.3) is 0 Å². The summed E-state index contributed by atoms with van der Waals surface area (Å²) in [6.07, 6.45) is 1.92. The maximum atomic E-state index is 12.4. The summed E-state index contributed by atoms with van der Waals surface area (Å²) in [6.45, 7) is 2.79. The van der Waals surface area contributed by atoms with Crippen molar-refractivity contribution in [3.8, 4) is 0 Å². The van der Waals surface area contributed by atoms with Gasteiger partial charge in [0, 0.05) is 31.2 Å². The van der Waals surface area contributed by atoms with Crippen molar-refractivity contribution in [2.45, 2.75) is 38.6 Å². The molecule has 1 aliphatic rings. The standard InChI is InChI=1S/C18H25N3O4/c1-13(9-10-16(22)23)19-17(24)14-6-5-11-21(12-14)18(25)20-15-7-3-2-4-8-15/h2-4,7-8,13-14H,5-6,9-12H2,1H3,(H,19,24)(H,20,25)(H,22,23). The minimum atomic E-state index is -0.873. The number of carbonyl (C=O) groups excluding carboxylic acids is 2. The molecule has 1 heterocycles. The van der Waals surface area contributed by atoms with Crippen LogP contribution in [0.4, 0.5) is 10.5 Å². The maximum absolute atomic E-state index is 12.4. The van der Waals surface area contributed by atoms with Crippen LogP contribution in [0.1, 0.15) is 32.6 Å². The lowest BCUT2D eigenvalue weighted by molar-refractivity contribution is -0.137. The van der Waals surface area contributed by atoms with E-state index in [1.807, 2.05) is 30.3 Å². The van der Waals surface area contributed by atoms with Gasteiger partial charge in [-0.3, -0.25) is 9.59 Å². The molecule has 1 aromatic rings. The number of carbonyl (C=O) groups is 3. The van der Waals surface area contributed by atoms with Crippen LogP contribution in [-0.2, 0) is 9.59 Å². The fraction of sp³-hybridized carbons (Fsp3) is 0.500. The number of para-hydroxylation sites is 1. The van der Waals surface area contributed by atoms with Crippen LogP contribution in [0, 0.1) is 5.92 Å². The van der Waals surface area contributed by atoms with Crippen molar-refractivity contribution in [1.82, 2.24) is 10.2 Å². The molecule has 2 atom stereocenters. The van der Waals surface area contributed by atoms with Gasteiger partial charge in [-0.25, -0.2) is 4.79 Å². The zero-order chi connectivity index (χ0) is 18.2. The summed E-state index contributed by atoms with van der Waals surface area (Å²) in [5.74, 6) is -1.25. The molecule has 1 aromatic carbocycles. The molecule has 7 heteroatoms. The number of benzene rings is 1. The van der Waals surface area contributed by atoms with E-state index in [9.17, 15) is 14.4 Å². The molecule has 2 unspecified atom stereocenters. The van der Waals surface area contributed by atoms with Crippen molar-refractivity contribution in [3.05, 3.63) is 30.3 Å². The Morgan fingerprint density at radius 2 is 2.00 bits per heavy atom. The first-order valence-electron chi connectivity index (χ1n) is 8.59. The first-order valence-corrected chi connectivity index (χ1v) is 8.59. The summed E-state index contributed by atoms with van der Waals surface area (Å²) >= 11 is 0. The Balaban J connectivity index is 1.84. The van der Waals surface area contributed by atoms with Crippen LogP contribution < -0.4 is 10.6 Å². The first kappa shape index (κ1) is 18.8. The highest BCUT2D eigenvalue weighted by Gasteiger charge is 2.29. The van der Waals surface area contributed by atoms with E-state index >= 15 is 0 Å². The topological polar surface area (TPSA) is 98.7 Å². The number of anilines is 1. The number of hydrogen-bond acceptors (Lipinski definition) is 3. The Hall–Kier alpha value is -2.57. The van der Waals surface area contributed by atoms with Gasteiger partial charge in [-0.15, -0.1) is 0 Å². The van der Waals surface area contributed by atoms with Crippen molar-refractivity contribution < 1.29 is 19.5 Å². The van der Waals surface area contributed by atoms with Crippen molar-refractivity contribution in [2.75, 3.05) is 18.4 Å². The van der Waals surface area contributed by atoms with E-state index in [0.29, 0.717) is 19.5 Å². The zero-order valence-electron chi connectivity index (χ0n) is 14.4. The van der Waals surface area contributed by atoms with Gasteiger partial charge in [0.05, 0.1) is 5.92 Å². The second-order valence-electron chi connectivity index (χ2n) is 6.42. The molecule has 1 aliphatic heterocycles. The molecule has 3 N–H and O–H groups in total. The zero-order valence-corrected chi connectivity index (χ0v) is 14.4. The van der Waals surface area contributed by atoms with Crippen LogP contribution in [0.25, 0.3) is 0 Å². The Bertz CT molecular complexity index is 606. The van der Waals surface area contributed by atoms with E-state index in [1.54, 1.807) is 11.8 Å². The smallest absolute Gasteiger partial charge is 0.321 e. The molecule has 0 spiro atoms. The molecular formula is C18H25N3O4. The van der Waals surface area contributed by atoms with Gasteiger partial charge in [-0.05, 0) is 38.3 Å². The van der Waals surface area contributed by atoms with E-state index in [4.69, 9.17) is 5.11 Å². The number of nitrogens with zero attached hydrogens (tertiary/aromatic N) is 1. The average Bonchev–Trinajstić information content (AvgIpc) is 2.61. The van der Waals surface area contributed by atoms with Crippen LogP contribution >= 0.6 is 0 Å². The van der Waals surface area contributed by atoms with E-state index in [-0.39, 0.29) is 30.3 Å². The molecule has 1 fully saturated rings. The number of hydrogen-bond donors (Lipinski definition) is 3. The Kier molecular flexibility index (Phi) is 6.80. The number of urea groups is 1. The number of aliphatic carboxylic acids is 1. The fourth-order valence-electron chi connectivity index (χ4n) is 2.87. The third-order valence-electron chi connectivity index (χ3n) is 4.28. The number of piperidine rings is 1. The molecule has 0 radical (unpaired) electrons. The van der Waals surface area contributed by atoms with Crippen LogP contribution in [0.3, 0.4) is 0 Å². The number of carboxylic acid groups (broad SMARTS) is 1. The van der Waals surface area contributed by atoms with Crippen LogP contribution in [0.2, 0.25) is 0 Å². The number of amides is 3. The molecule has 0 aromatic heterocycles. The molecule has 1 saturated heterocycles. The van der Waals surface area contributed by atoms with E-state index in [2.05, 4.69) is 10.6 Å². The highest BCUT2D eigenvalue weighted by Crippen LogP contribution is 2.18. The number of likely N-dealkylation sites (tertiary alicyclic amines) is 1. The maximum Gasteiger partial charge on any atom is 0.321 e. The third kappa shape index (κ3) is 6.10. The quantitative estimate of drug-likeness (QED) is 0.735.